The summed E-state index contributed by atoms with van der Waals surface area (Å²) >= 11 is 5.54. The summed E-state index contributed by atoms with van der Waals surface area (Å²) in [5.41, 5.74) is -0.696. The van der Waals surface area contributed by atoms with Gasteiger partial charge >= 0.3 is 6.36 Å². The Morgan fingerprint density at radius 2 is 2.06 bits per heavy atom. The number of ether oxygens (including phenoxy) is 1. The maximum absolute atomic E-state index is 12.1. The molecule has 1 aromatic rings. The Morgan fingerprint density at radius 3 is 2.47 bits per heavy atom. The van der Waals surface area contributed by atoms with Gasteiger partial charge in [0.15, 0.2) is 5.78 Å². The van der Waals surface area contributed by atoms with Crippen LogP contribution in [0.5, 0.6) is 5.75 Å². The number of ketones is 1. The van der Waals surface area contributed by atoms with E-state index in [1.807, 2.05) is 0 Å². The van der Waals surface area contributed by atoms with Crippen LogP contribution in [-0.4, -0.2) is 12.1 Å². The van der Waals surface area contributed by atoms with E-state index in [0.717, 1.165) is 19.1 Å². The number of nitrogens with zero attached hydrogens (tertiary/aromatic N) is 1. The number of hydrogen-bond acceptors (Lipinski definition) is 3. The van der Waals surface area contributed by atoms with Gasteiger partial charge in [-0.05, 0) is 13.0 Å². The Labute approximate surface area is 99.4 Å². The average Bonchev–Trinajstić information content (AvgIpc) is 2.14. The van der Waals surface area contributed by atoms with E-state index in [4.69, 9.17) is 16.9 Å². The Kier molecular flexibility index (Phi) is 3.63. The van der Waals surface area contributed by atoms with E-state index >= 15 is 0 Å². The molecule has 7 heteroatoms. The average molecular weight is 264 g/mol. The van der Waals surface area contributed by atoms with E-state index in [-0.39, 0.29) is 10.6 Å². The predicted molar refractivity (Wildman–Crippen MR) is 52.9 cm³/mol. The molecule has 1 aromatic carbocycles. The van der Waals surface area contributed by atoms with Crippen LogP contribution >= 0.6 is 11.6 Å². The van der Waals surface area contributed by atoms with Gasteiger partial charge in [0.05, 0.1) is 0 Å². The number of hydrogen-bond donors (Lipinski definition) is 0. The van der Waals surface area contributed by atoms with Crippen molar-refractivity contribution in [1.29, 1.82) is 5.26 Å². The van der Waals surface area contributed by atoms with Crippen molar-refractivity contribution in [3.63, 3.8) is 0 Å². The number of halogens is 4. The normalized spacial score (nSPS) is 10.8. The zero-order valence-corrected chi connectivity index (χ0v) is 9.19. The maximum Gasteiger partial charge on any atom is 0.573 e. The van der Waals surface area contributed by atoms with Crippen LogP contribution in [0.15, 0.2) is 12.1 Å². The predicted octanol–water partition coefficient (Wildman–Crippen LogP) is 3.31. The molecule has 0 radical (unpaired) electrons. The highest BCUT2D eigenvalue weighted by Gasteiger charge is 2.33. The molecular weight excluding hydrogens is 259 g/mol. The lowest BCUT2D eigenvalue weighted by Gasteiger charge is -2.12. The Bertz CT molecular complexity index is 505. The molecule has 0 fully saturated rings. The maximum atomic E-state index is 12.1. The molecule has 0 bridgehead atoms. The summed E-state index contributed by atoms with van der Waals surface area (Å²) in [6.45, 7) is 1.11. The number of carbonyl (C=O) groups is 1. The van der Waals surface area contributed by atoms with Crippen LogP contribution in [-0.2, 0) is 0 Å². The zero-order valence-electron chi connectivity index (χ0n) is 8.43. The molecule has 0 spiro atoms. The largest absolute Gasteiger partial charge is 0.573 e. The van der Waals surface area contributed by atoms with Crippen molar-refractivity contribution in [2.45, 2.75) is 13.3 Å². The lowest BCUT2D eigenvalue weighted by molar-refractivity contribution is -0.274. The summed E-state index contributed by atoms with van der Waals surface area (Å²) < 4.78 is 39.8. The van der Waals surface area contributed by atoms with Gasteiger partial charge in [-0.25, -0.2) is 0 Å². The van der Waals surface area contributed by atoms with Gasteiger partial charge in [0, 0.05) is 16.7 Å². The molecule has 0 saturated carbocycles. The molecule has 0 aliphatic rings. The summed E-state index contributed by atoms with van der Waals surface area (Å²) in [5.74, 6) is -1.35. The Hall–Kier alpha value is -1.74. The monoisotopic (exact) mass is 263 g/mol. The second kappa shape index (κ2) is 4.63. The quantitative estimate of drug-likeness (QED) is 0.769. The third kappa shape index (κ3) is 3.36. The van der Waals surface area contributed by atoms with E-state index in [1.165, 1.54) is 6.07 Å². The van der Waals surface area contributed by atoms with Crippen molar-refractivity contribution in [2.24, 2.45) is 0 Å². The highest BCUT2D eigenvalue weighted by Crippen LogP contribution is 2.31. The number of Topliss-reactive ketones (excluding diaryl/α,β-unsaturated/α-hetero) is 1. The van der Waals surface area contributed by atoms with Gasteiger partial charge in [-0.3, -0.25) is 4.79 Å². The first-order valence-corrected chi connectivity index (χ1v) is 4.62. The lowest BCUT2D eigenvalue weighted by atomic mass is 10.0. The van der Waals surface area contributed by atoms with Crippen molar-refractivity contribution in [3.8, 4) is 11.8 Å². The second-order valence-corrected chi connectivity index (χ2v) is 3.48. The van der Waals surface area contributed by atoms with Crippen LogP contribution in [0.2, 0.25) is 5.02 Å². The third-order valence-corrected chi connectivity index (χ3v) is 2.00. The summed E-state index contributed by atoms with van der Waals surface area (Å²) in [6.07, 6.45) is -4.95. The highest BCUT2D eigenvalue weighted by atomic mass is 35.5. The minimum absolute atomic E-state index is 0.117. The molecule has 0 atom stereocenters. The van der Waals surface area contributed by atoms with E-state index in [1.54, 1.807) is 0 Å². The van der Waals surface area contributed by atoms with Crippen molar-refractivity contribution in [2.75, 3.05) is 0 Å². The zero-order chi connectivity index (χ0) is 13.2. The molecule has 1 rings (SSSR count). The number of carbonyl (C=O) groups excluding carboxylic acids is 1. The molecule has 17 heavy (non-hydrogen) atoms. The van der Waals surface area contributed by atoms with Crippen LogP contribution in [0.25, 0.3) is 0 Å². The SMILES string of the molecule is CC(=O)c1cc(Cl)cc(OC(F)(F)F)c1C#N. The summed E-state index contributed by atoms with van der Waals surface area (Å²) in [6, 6.07) is 3.44. The van der Waals surface area contributed by atoms with Crippen LogP contribution in [0.1, 0.15) is 22.8 Å². The topological polar surface area (TPSA) is 50.1 Å². The molecule has 0 heterocycles. The van der Waals surface area contributed by atoms with Gasteiger partial charge in [0.2, 0.25) is 0 Å². The van der Waals surface area contributed by atoms with Gasteiger partial charge in [-0.1, -0.05) is 11.6 Å². The first kappa shape index (κ1) is 13.3. The minimum atomic E-state index is -4.95. The fourth-order valence-corrected chi connectivity index (χ4v) is 1.39. The van der Waals surface area contributed by atoms with Gasteiger partial charge in [-0.2, -0.15) is 5.26 Å². The number of nitriles is 1. The Morgan fingerprint density at radius 1 is 1.47 bits per heavy atom. The smallest absolute Gasteiger partial charge is 0.404 e. The lowest BCUT2D eigenvalue weighted by Crippen LogP contribution is -2.18. The standard InChI is InChI=1S/C10H5ClF3NO2/c1-5(16)7-2-6(11)3-9(8(7)4-15)17-10(12,13)14/h2-3H,1H3. The molecular formula is C10H5ClF3NO2. The van der Waals surface area contributed by atoms with Crippen molar-refractivity contribution >= 4 is 17.4 Å². The molecule has 0 amide bonds. The van der Waals surface area contributed by atoms with Crippen LogP contribution < -0.4 is 4.74 Å². The van der Waals surface area contributed by atoms with Gasteiger partial charge in [0.1, 0.15) is 17.4 Å². The summed E-state index contributed by atoms with van der Waals surface area (Å²) in [5, 5.41) is 8.63. The number of rotatable bonds is 2. The van der Waals surface area contributed by atoms with E-state index < -0.39 is 23.5 Å². The van der Waals surface area contributed by atoms with Crippen LogP contribution in [0.3, 0.4) is 0 Å². The second-order valence-electron chi connectivity index (χ2n) is 3.04. The van der Waals surface area contributed by atoms with Crippen LogP contribution in [0, 0.1) is 11.3 Å². The van der Waals surface area contributed by atoms with Crippen molar-refractivity contribution in [1.82, 2.24) is 0 Å². The molecule has 0 aromatic heterocycles. The van der Waals surface area contributed by atoms with E-state index in [0.29, 0.717) is 0 Å². The highest BCUT2D eigenvalue weighted by molar-refractivity contribution is 6.31. The Balaban J connectivity index is 3.40. The molecule has 0 N–H and O–H groups in total. The van der Waals surface area contributed by atoms with Gasteiger partial charge in [-0.15, -0.1) is 13.2 Å². The molecule has 0 unspecified atom stereocenters. The minimum Gasteiger partial charge on any atom is -0.404 e. The summed E-state index contributed by atoms with van der Waals surface area (Å²) in [7, 11) is 0. The summed E-state index contributed by atoms with van der Waals surface area (Å²) in [4.78, 5) is 11.1. The van der Waals surface area contributed by atoms with Gasteiger partial charge in [0.25, 0.3) is 0 Å². The molecule has 0 saturated heterocycles. The van der Waals surface area contributed by atoms with Crippen molar-refractivity contribution < 1.29 is 22.7 Å². The molecule has 3 nitrogen and oxygen atoms in total. The fraction of sp³-hybridized carbons (Fsp3) is 0.200. The van der Waals surface area contributed by atoms with E-state index in [9.17, 15) is 18.0 Å². The first-order chi connectivity index (χ1) is 7.74. The molecule has 0 aliphatic heterocycles. The van der Waals surface area contributed by atoms with Crippen LogP contribution in [0.4, 0.5) is 13.2 Å². The molecule has 0 aliphatic carbocycles. The first-order valence-electron chi connectivity index (χ1n) is 4.25. The third-order valence-electron chi connectivity index (χ3n) is 1.78. The fourth-order valence-electron chi connectivity index (χ4n) is 1.18. The number of benzene rings is 1. The number of alkyl halides is 3. The van der Waals surface area contributed by atoms with Gasteiger partial charge < -0.3 is 4.74 Å². The van der Waals surface area contributed by atoms with E-state index in [2.05, 4.69) is 4.74 Å². The molecule has 90 valence electrons. The van der Waals surface area contributed by atoms with Crippen molar-refractivity contribution in [3.05, 3.63) is 28.3 Å².